The monoisotopic (exact) mass is 280 g/mol. The number of carbonyl (C=O) groups is 2. The van der Waals surface area contributed by atoms with E-state index in [0.717, 1.165) is 6.42 Å². The average Bonchev–Trinajstić information content (AvgIpc) is 3.16. The third-order valence-electron chi connectivity index (χ3n) is 6.79. The average molecular weight is 280 g/mol. The van der Waals surface area contributed by atoms with Gasteiger partial charge in [-0.25, -0.2) is 0 Å². The van der Waals surface area contributed by atoms with Crippen LogP contribution < -0.4 is 0 Å². The first-order chi connectivity index (χ1) is 10.1. The fraction of sp³-hybridized carbons (Fsp3) is 0.579. The fourth-order valence-corrected chi connectivity index (χ4v) is 6.42. The maximum atomic E-state index is 12.3. The van der Waals surface area contributed by atoms with Gasteiger partial charge in [-0.3, -0.25) is 9.59 Å². The van der Waals surface area contributed by atoms with Crippen molar-refractivity contribution in [2.24, 2.45) is 35.5 Å². The minimum absolute atomic E-state index is 0.0241. The first kappa shape index (κ1) is 12.1. The Balaban J connectivity index is 1.67. The first-order valence-corrected chi connectivity index (χ1v) is 8.26. The molecule has 0 aromatic heterocycles. The quantitative estimate of drug-likeness (QED) is 0.504. The van der Waals surface area contributed by atoms with Crippen LogP contribution in [0.4, 0.5) is 0 Å². The Labute approximate surface area is 125 Å². The molecule has 108 valence electrons. The summed E-state index contributed by atoms with van der Waals surface area (Å²) in [6.07, 6.45) is 6.69. The van der Waals surface area contributed by atoms with Gasteiger partial charge in [0.05, 0.1) is 0 Å². The zero-order chi connectivity index (χ0) is 14.5. The molecule has 0 N–H and O–H groups in total. The van der Waals surface area contributed by atoms with Gasteiger partial charge in [0, 0.05) is 23.7 Å². The third-order valence-corrected chi connectivity index (χ3v) is 6.79. The molecule has 0 saturated heterocycles. The van der Waals surface area contributed by atoms with E-state index in [0.29, 0.717) is 23.7 Å². The predicted octanol–water partition coefficient (Wildman–Crippen LogP) is 3.25. The summed E-state index contributed by atoms with van der Waals surface area (Å²) < 4.78 is 0. The molecule has 2 saturated carbocycles. The Morgan fingerprint density at radius 3 is 1.81 bits per heavy atom. The zero-order valence-corrected chi connectivity index (χ0v) is 12.6. The standard InChI is InChI=1S/C19H20O2/c1-8(2)15-9-3-4-10(15)17-12-7-11(16(9)17)18-13(20)5-6-14(21)19(12)18/h5-6,9-12,18-19H,3-4,7H2,1-2H3/t9-,10-,11-,12-,18+,19+/m1/s1. The Kier molecular flexibility index (Phi) is 2.11. The highest BCUT2D eigenvalue weighted by Gasteiger charge is 2.63. The number of carbonyl (C=O) groups excluding carboxylic acids is 2. The molecule has 0 aromatic rings. The van der Waals surface area contributed by atoms with Crippen molar-refractivity contribution in [3.8, 4) is 0 Å². The van der Waals surface area contributed by atoms with Gasteiger partial charge in [-0.15, -0.1) is 0 Å². The summed E-state index contributed by atoms with van der Waals surface area (Å²) in [5.74, 6) is 2.34. The number of ketones is 2. The van der Waals surface area contributed by atoms with Gasteiger partial charge in [0.1, 0.15) is 0 Å². The lowest BCUT2D eigenvalue weighted by atomic mass is 9.67. The molecular weight excluding hydrogens is 260 g/mol. The molecule has 4 bridgehead atoms. The highest BCUT2D eigenvalue weighted by Crippen LogP contribution is 2.69. The van der Waals surface area contributed by atoms with Gasteiger partial charge in [0.15, 0.2) is 11.6 Å². The lowest BCUT2D eigenvalue weighted by molar-refractivity contribution is -0.129. The molecule has 5 aliphatic rings. The van der Waals surface area contributed by atoms with Crippen molar-refractivity contribution in [3.05, 3.63) is 34.4 Å². The molecule has 21 heavy (non-hydrogen) atoms. The minimum atomic E-state index is -0.0241. The maximum Gasteiger partial charge on any atom is 0.160 e. The molecule has 6 atom stereocenters. The summed E-state index contributed by atoms with van der Waals surface area (Å²) in [5.41, 5.74) is 6.31. The second-order valence-electron chi connectivity index (χ2n) is 7.69. The molecule has 5 rings (SSSR count). The van der Waals surface area contributed by atoms with Gasteiger partial charge in [-0.05, 0) is 57.1 Å². The van der Waals surface area contributed by atoms with Crippen molar-refractivity contribution < 1.29 is 9.59 Å². The molecular formula is C19H20O2. The molecule has 0 spiro atoms. The van der Waals surface area contributed by atoms with Crippen LogP contribution in [0.2, 0.25) is 0 Å². The van der Waals surface area contributed by atoms with E-state index in [1.54, 1.807) is 28.9 Å². The van der Waals surface area contributed by atoms with Crippen molar-refractivity contribution in [3.63, 3.8) is 0 Å². The fourth-order valence-electron chi connectivity index (χ4n) is 6.42. The molecule has 0 amide bonds. The molecule has 0 aliphatic heterocycles. The van der Waals surface area contributed by atoms with Crippen LogP contribution in [0.1, 0.15) is 33.1 Å². The molecule has 2 heteroatoms. The van der Waals surface area contributed by atoms with E-state index in [4.69, 9.17) is 0 Å². The van der Waals surface area contributed by atoms with Crippen LogP contribution in [0.25, 0.3) is 0 Å². The summed E-state index contributed by atoms with van der Waals surface area (Å²) >= 11 is 0. The number of hydrogen-bond donors (Lipinski definition) is 0. The third kappa shape index (κ3) is 1.22. The number of fused-ring (bicyclic) bond motifs is 11. The van der Waals surface area contributed by atoms with E-state index in [1.807, 2.05) is 0 Å². The molecule has 2 nitrogen and oxygen atoms in total. The topological polar surface area (TPSA) is 34.1 Å². The second-order valence-corrected chi connectivity index (χ2v) is 7.69. The SMILES string of the molecule is CC(C)=C1[C@H]2CC[C@H]1C1=C2[C@H]2C[C@H]1[C@H]1C(=O)C=CC(=O)[C@@H]12. The van der Waals surface area contributed by atoms with Gasteiger partial charge in [0.25, 0.3) is 0 Å². The number of allylic oxidation sites excluding steroid dienone is 6. The van der Waals surface area contributed by atoms with Crippen molar-refractivity contribution in [2.75, 3.05) is 0 Å². The first-order valence-electron chi connectivity index (χ1n) is 8.26. The Hall–Kier alpha value is -1.44. The summed E-state index contributed by atoms with van der Waals surface area (Å²) in [6, 6.07) is 0. The van der Waals surface area contributed by atoms with Crippen molar-refractivity contribution in [2.45, 2.75) is 33.1 Å². The molecule has 5 aliphatic carbocycles. The van der Waals surface area contributed by atoms with E-state index in [-0.39, 0.29) is 23.4 Å². The van der Waals surface area contributed by atoms with Crippen LogP contribution in [0.5, 0.6) is 0 Å². The molecule has 0 unspecified atom stereocenters. The minimum Gasteiger partial charge on any atom is -0.294 e. The van der Waals surface area contributed by atoms with E-state index >= 15 is 0 Å². The largest absolute Gasteiger partial charge is 0.294 e. The van der Waals surface area contributed by atoms with Crippen LogP contribution in [-0.4, -0.2) is 11.6 Å². The summed E-state index contributed by atoms with van der Waals surface area (Å²) in [7, 11) is 0. The Morgan fingerprint density at radius 2 is 1.38 bits per heavy atom. The van der Waals surface area contributed by atoms with Crippen LogP contribution in [0.15, 0.2) is 34.4 Å². The Bertz CT molecular complexity index is 636. The maximum absolute atomic E-state index is 12.3. The summed E-state index contributed by atoms with van der Waals surface area (Å²) in [4.78, 5) is 24.7. The molecule has 0 radical (unpaired) electrons. The van der Waals surface area contributed by atoms with Gasteiger partial charge < -0.3 is 0 Å². The van der Waals surface area contributed by atoms with Crippen molar-refractivity contribution >= 4 is 11.6 Å². The van der Waals surface area contributed by atoms with E-state index in [9.17, 15) is 9.59 Å². The van der Waals surface area contributed by atoms with Gasteiger partial charge in [0.2, 0.25) is 0 Å². The Morgan fingerprint density at radius 1 is 0.905 bits per heavy atom. The van der Waals surface area contributed by atoms with Crippen LogP contribution in [0.3, 0.4) is 0 Å². The summed E-state index contributed by atoms with van der Waals surface area (Å²) in [5, 5.41) is 0. The smallest absolute Gasteiger partial charge is 0.160 e. The van der Waals surface area contributed by atoms with E-state index in [2.05, 4.69) is 13.8 Å². The normalized spacial score (nSPS) is 45.7. The van der Waals surface area contributed by atoms with Crippen LogP contribution >= 0.6 is 0 Å². The lowest BCUT2D eigenvalue weighted by Gasteiger charge is -2.35. The van der Waals surface area contributed by atoms with Gasteiger partial charge >= 0.3 is 0 Å². The van der Waals surface area contributed by atoms with E-state index in [1.165, 1.54) is 18.4 Å². The zero-order valence-electron chi connectivity index (χ0n) is 12.6. The van der Waals surface area contributed by atoms with E-state index < -0.39 is 0 Å². The van der Waals surface area contributed by atoms with Crippen molar-refractivity contribution in [1.29, 1.82) is 0 Å². The molecule has 2 fully saturated rings. The predicted molar refractivity (Wildman–Crippen MR) is 79.3 cm³/mol. The van der Waals surface area contributed by atoms with Crippen molar-refractivity contribution in [1.82, 2.24) is 0 Å². The van der Waals surface area contributed by atoms with Gasteiger partial charge in [-0.2, -0.15) is 0 Å². The highest BCUT2D eigenvalue weighted by atomic mass is 16.1. The lowest BCUT2D eigenvalue weighted by Crippen LogP contribution is -2.38. The molecule has 0 aromatic carbocycles. The van der Waals surface area contributed by atoms with Gasteiger partial charge in [-0.1, -0.05) is 22.3 Å². The second kappa shape index (κ2) is 3.66. The van der Waals surface area contributed by atoms with Crippen LogP contribution in [-0.2, 0) is 9.59 Å². The summed E-state index contributed by atoms with van der Waals surface area (Å²) in [6.45, 7) is 4.46. The number of hydrogen-bond acceptors (Lipinski definition) is 2. The molecule has 0 heterocycles. The number of rotatable bonds is 0. The highest BCUT2D eigenvalue weighted by molar-refractivity contribution is 6.08. The van der Waals surface area contributed by atoms with Crippen LogP contribution in [0, 0.1) is 35.5 Å².